The predicted octanol–water partition coefficient (Wildman–Crippen LogP) is 3.21. The number of halogens is 2. The van der Waals surface area contributed by atoms with E-state index in [0.717, 1.165) is 12.8 Å². The van der Waals surface area contributed by atoms with E-state index in [2.05, 4.69) is 26.6 Å². The monoisotopic (exact) mass is 358 g/mol. The van der Waals surface area contributed by atoms with Crippen LogP contribution >= 0.6 is 15.9 Å². The van der Waals surface area contributed by atoms with Crippen LogP contribution in [0.2, 0.25) is 0 Å². The fourth-order valence-electron chi connectivity index (χ4n) is 2.59. The maximum absolute atomic E-state index is 12.9. The molecule has 7 heteroatoms. The van der Waals surface area contributed by atoms with Gasteiger partial charge in [-0.1, -0.05) is 6.42 Å². The number of hydrogen-bond donors (Lipinski definition) is 3. The normalized spacial score (nSPS) is 21.0. The highest BCUT2D eigenvalue weighted by Crippen LogP contribution is 2.31. The lowest BCUT2D eigenvalue weighted by Crippen LogP contribution is -2.35. The number of carbonyl (C=O) groups excluding carboxylic acids is 1. The number of urea groups is 1. The zero-order valence-electron chi connectivity index (χ0n) is 11.2. The van der Waals surface area contributed by atoms with Crippen LogP contribution in [0.4, 0.5) is 14.9 Å². The second kappa shape index (κ2) is 6.89. The molecule has 1 aromatic carbocycles. The van der Waals surface area contributed by atoms with Gasteiger partial charge in [0.1, 0.15) is 5.82 Å². The van der Waals surface area contributed by atoms with E-state index in [1.54, 1.807) is 0 Å². The largest absolute Gasteiger partial charge is 0.481 e. The molecule has 2 rings (SSSR count). The molecule has 1 saturated carbocycles. The van der Waals surface area contributed by atoms with Gasteiger partial charge in [-0.15, -0.1) is 0 Å². The minimum atomic E-state index is -0.805. The van der Waals surface area contributed by atoms with E-state index in [1.807, 2.05) is 0 Å². The first-order valence-electron chi connectivity index (χ1n) is 6.70. The van der Waals surface area contributed by atoms with Gasteiger partial charge in [0.2, 0.25) is 0 Å². The number of hydrogen-bond acceptors (Lipinski definition) is 2. The van der Waals surface area contributed by atoms with Gasteiger partial charge in [0.15, 0.2) is 0 Å². The highest BCUT2D eigenvalue weighted by Gasteiger charge is 2.32. The number of benzene rings is 1. The number of nitrogens with one attached hydrogen (secondary N) is 2. The number of carboxylic acids is 1. The maximum atomic E-state index is 12.9. The Kier molecular flexibility index (Phi) is 5.17. The molecule has 2 unspecified atom stereocenters. The molecular formula is C14H16BrFN2O3. The van der Waals surface area contributed by atoms with Crippen molar-refractivity contribution in [2.24, 2.45) is 11.8 Å². The maximum Gasteiger partial charge on any atom is 0.319 e. The predicted molar refractivity (Wildman–Crippen MR) is 79.6 cm³/mol. The summed E-state index contributed by atoms with van der Waals surface area (Å²) in [7, 11) is 0. The smallest absolute Gasteiger partial charge is 0.319 e. The Bertz CT molecular complexity index is 553. The standard InChI is InChI=1S/C14H16BrFN2O3/c15-11-6-9(16)4-5-12(11)18-14(21)17-7-8-2-1-3-10(8)13(19)20/h4-6,8,10H,1-3,7H2,(H,19,20)(H2,17,18,21). The van der Waals surface area contributed by atoms with Crippen molar-refractivity contribution in [3.8, 4) is 0 Å². The van der Waals surface area contributed by atoms with Crippen molar-refractivity contribution in [1.82, 2.24) is 5.32 Å². The van der Waals surface area contributed by atoms with Crippen LogP contribution < -0.4 is 10.6 Å². The molecule has 21 heavy (non-hydrogen) atoms. The number of carboxylic acid groups (broad SMARTS) is 1. The average molecular weight is 359 g/mol. The van der Waals surface area contributed by atoms with Gasteiger partial charge >= 0.3 is 12.0 Å². The molecule has 1 aliphatic carbocycles. The fraction of sp³-hybridized carbons (Fsp3) is 0.429. The van der Waals surface area contributed by atoms with E-state index in [-0.39, 0.29) is 11.8 Å². The van der Waals surface area contributed by atoms with Crippen LogP contribution in [0.3, 0.4) is 0 Å². The summed E-state index contributed by atoms with van der Waals surface area (Å²) in [5.41, 5.74) is 0.454. The van der Waals surface area contributed by atoms with Crippen molar-refractivity contribution in [1.29, 1.82) is 0 Å². The highest BCUT2D eigenvalue weighted by atomic mass is 79.9. The summed E-state index contributed by atoms with van der Waals surface area (Å²) in [6.45, 7) is 0.321. The van der Waals surface area contributed by atoms with Gasteiger partial charge in [-0.25, -0.2) is 9.18 Å². The van der Waals surface area contributed by atoms with Crippen molar-refractivity contribution >= 4 is 33.6 Å². The van der Waals surface area contributed by atoms with Gasteiger partial charge in [-0.3, -0.25) is 4.79 Å². The minimum Gasteiger partial charge on any atom is -0.481 e. The third-order valence-electron chi connectivity index (χ3n) is 3.68. The number of rotatable bonds is 4. The molecule has 1 aliphatic rings. The van der Waals surface area contributed by atoms with Crippen LogP contribution in [0.25, 0.3) is 0 Å². The van der Waals surface area contributed by atoms with E-state index in [9.17, 15) is 14.0 Å². The van der Waals surface area contributed by atoms with Crippen molar-refractivity contribution in [2.75, 3.05) is 11.9 Å². The summed E-state index contributed by atoms with van der Waals surface area (Å²) in [4.78, 5) is 22.9. The third-order valence-corrected chi connectivity index (χ3v) is 4.34. The quantitative estimate of drug-likeness (QED) is 0.773. The van der Waals surface area contributed by atoms with E-state index >= 15 is 0 Å². The van der Waals surface area contributed by atoms with Gasteiger partial charge in [-0.05, 0) is 52.9 Å². The molecule has 1 fully saturated rings. The van der Waals surface area contributed by atoms with Crippen LogP contribution in [-0.2, 0) is 4.79 Å². The average Bonchev–Trinajstić information content (AvgIpc) is 2.88. The van der Waals surface area contributed by atoms with E-state index in [4.69, 9.17) is 5.11 Å². The van der Waals surface area contributed by atoms with Crippen LogP contribution in [0.15, 0.2) is 22.7 Å². The van der Waals surface area contributed by atoms with Crippen molar-refractivity contribution in [3.05, 3.63) is 28.5 Å². The van der Waals surface area contributed by atoms with Crippen molar-refractivity contribution in [2.45, 2.75) is 19.3 Å². The van der Waals surface area contributed by atoms with Gasteiger partial charge < -0.3 is 15.7 Å². The number of carbonyl (C=O) groups is 2. The molecule has 0 aromatic heterocycles. The molecule has 0 radical (unpaired) electrons. The molecule has 3 N–H and O–H groups in total. The van der Waals surface area contributed by atoms with Gasteiger partial charge in [0.05, 0.1) is 11.6 Å². The van der Waals surface area contributed by atoms with E-state index < -0.39 is 17.8 Å². The SMILES string of the molecule is O=C(NCC1CCCC1C(=O)O)Nc1ccc(F)cc1Br. The summed E-state index contributed by atoms with van der Waals surface area (Å²) >= 11 is 3.16. The fourth-order valence-corrected chi connectivity index (χ4v) is 3.04. The van der Waals surface area contributed by atoms with Crippen LogP contribution in [0.1, 0.15) is 19.3 Å². The topological polar surface area (TPSA) is 78.4 Å². The molecule has 0 spiro atoms. The molecule has 0 saturated heterocycles. The van der Waals surface area contributed by atoms with E-state index in [0.29, 0.717) is 23.1 Å². The summed E-state index contributed by atoms with van der Waals surface area (Å²) in [5, 5.41) is 14.3. The molecule has 1 aromatic rings. The molecule has 0 aliphatic heterocycles. The Labute approximate surface area is 130 Å². The first-order valence-corrected chi connectivity index (χ1v) is 7.49. The Hall–Kier alpha value is -1.63. The first-order chi connectivity index (χ1) is 9.97. The first kappa shape index (κ1) is 15.8. The lowest BCUT2D eigenvalue weighted by Gasteiger charge is -2.16. The van der Waals surface area contributed by atoms with Crippen LogP contribution in [-0.4, -0.2) is 23.7 Å². The highest BCUT2D eigenvalue weighted by molar-refractivity contribution is 9.10. The minimum absolute atomic E-state index is 0.0371. The molecule has 0 bridgehead atoms. The molecule has 5 nitrogen and oxygen atoms in total. The Morgan fingerprint density at radius 2 is 2.14 bits per heavy atom. The summed E-state index contributed by atoms with van der Waals surface area (Å²) in [5.74, 6) is -1.63. The molecule has 114 valence electrons. The number of amides is 2. The second-order valence-corrected chi connectivity index (χ2v) is 5.95. The van der Waals surface area contributed by atoms with Crippen molar-refractivity contribution < 1.29 is 19.1 Å². The van der Waals surface area contributed by atoms with Crippen LogP contribution in [0.5, 0.6) is 0 Å². The molecule has 2 atom stereocenters. The van der Waals surface area contributed by atoms with Gasteiger partial charge in [0, 0.05) is 11.0 Å². The Balaban J connectivity index is 1.86. The number of aliphatic carboxylic acids is 1. The third kappa shape index (κ3) is 4.17. The summed E-state index contributed by atoms with van der Waals surface area (Å²) in [6, 6.07) is 3.53. The summed E-state index contributed by atoms with van der Waals surface area (Å²) < 4.78 is 13.4. The number of anilines is 1. The molecule has 2 amide bonds. The van der Waals surface area contributed by atoms with E-state index in [1.165, 1.54) is 18.2 Å². The van der Waals surface area contributed by atoms with Gasteiger partial charge in [-0.2, -0.15) is 0 Å². The van der Waals surface area contributed by atoms with Gasteiger partial charge in [0.25, 0.3) is 0 Å². The summed E-state index contributed by atoms with van der Waals surface area (Å²) in [6.07, 6.45) is 2.33. The Morgan fingerprint density at radius 3 is 2.81 bits per heavy atom. The molecule has 0 heterocycles. The van der Waals surface area contributed by atoms with Crippen LogP contribution in [0, 0.1) is 17.7 Å². The molecular weight excluding hydrogens is 343 g/mol. The lowest BCUT2D eigenvalue weighted by molar-refractivity contribution is -0.142. The zero-order chi connectivity index (χ0) is 15.4. The van der Waals surface area contributed by atoms with Crippen molar-refractivity contribution in [3.63, 3.8) is 0 Å². The Morgan fingerprint density at radius 1 is 1.38 bits per heavy atom. The lowest BCUT2D eigenvalue weighted by atomic mass is 9.96. The second-order valence-electron chi connectivity index (χ2n) is 5.09. The zero-order valence-corrected chi connectivity index (χ0v) is 12.8.